The van der Waals surface area contributed by atoms with Crippen molar-refractivity contribution in [2.24, 2.45) is 0 Å². The summed E-state index contributed by atoms with van der Waals surface area (Å²) >= 11 is 0. The van der Waals surface area contributed by atoms with Gasteiger partial charge >= 0.3 is 5.97 Å². The topological polar surface area (TPSA) is 54.4 Å². The zero-order valence-corrected chi connectivity index (χ0v) is 10.3. The predicted octanol–water partition coefficient (Wildman–Crippen LogP) is 2.62. The molecule has 0 amide bonds. The van der Waals surface area contributed by atoms with Crippen LogP contribution in [0.1, 0.15) is 46.8 Å². The van der Waals surface area contributed by atoms with Crippen LogP contribution in [0.4, 0.5) is 0 Å². The molecule has 0 bridgehead atoms. The molecule has 0 heterocycles. The van der Waals surface area contributed by atoms with Crippen molar-refractivity contribution >= 4 is 11.8 Å². The van der Waals surface area contributed by atoms with Gasteiger partial charge in [0.2, 0.25) is 0 Å². The summed E-state index contributed by atoms with van der Waals surface area (Å²) < 4.78 is 0. The van der Waals surface area contributed by atoms with Gasteiger partial charge in [0.05, 0.1) is 6.42 Å². The van der Waals surface area contributed by atoms with Gasteiger partial charge in [0, 0.05) is 17.4 Å². The maximum atomic E-state index is 12.0. The van der Waals surface area contributed by atoms with Gasteiger partial charge in [-0.15, -0.1) is 0 Å². The minimum atomic E-state index is -0.854. The van der Waals surface area contributed by atoms with Crippen LogP contribution in [-0.2, 0) is 10.2 Å². The third-order valence-electron chi connectivity index (χ3n) is 3.48. The second-order valence-electron chi connectivity index (χ2n) is 5.24. The lowest BCUT2D eigenvalue weighted by atomic mass is 9.78. The van der Waals surface area contributed by atoms with Crippen molar-refractivity contribution in [1.82, 2.24) is 0 Å². The zero-order valence-electron chi connectivity index (χ0n) is 10.3. The first-order valence-electron chi connectivity index (χ1n) is 5.70. The lowest BCUT2D eigenvalue weighted by molar-refractivity contribution is -0.138. The molecule has 0 aromatic heterocycles. The molecule has 90 valence electrons. The number of hydrogen-bond donors (Lipinski definition) is 1. The van der Waals surface area contributed by atoms with Gasteiger partial charge in [0.1, 0.15) is 0 Å². The van der Waals surface area contributed by atoms with E-state index < -0.39 is 11.4 Å². The highest BCUT2D eigenvalue weighted by molar-refractivity contribution is 6.03. The first-order chi connectivity index (χ1) is 7.83. The highest BCUT2D eigenvalue weighted by Crippen LogP contribution is 2.43. The number of aryl methyl sites for hydroxylation is 2. The Morgan fingerprint density at radius 1 is 1.41 bits per heavy atom. The average molecular weight is 232 g/mol. The van der Waals surface area contributed by atoms with Gasteiger partial charge in [0.25, 0.3) is 0 Å². The van der Waals surface area contributed by atoms with Gasteiger partial charge in [-0.25, -0.2) is 0 Å². The van der Waals surface area contributed by atoms with E-state index in [1.54, 1.807) is 0 Å². The van der Waals surface area contributed by atoms with Crippen LogP contribution in [0.15, 0.2) is 12.1 Å². The minimum Gasteiger partial charge on any atom is -0.481 e. The summed E-state index contributed by atoms with van der Waals surface area (Å²) in [6, 6.07) is 3.88. The molecule has 17 heavy (non-hydrogen) atoms. The molecule has 0 spiro atoms. The Balaban J connectivity index is 2.61. The second-order valence-corrected chi connectivity index (χ2v) is 5.24. The van der Waals surface area contributed by atoms with E-state index in [4.69, 9.17) is 5.11 Å². The normalized spacial score (nSPS) is 22.6. The Morgan fingerprint density at radius 3 is 2.65 bits per heavy atom. The van der Waals surface area contributed by atoms with Crippen molar-refractivity contribution in [1.29, 1.82) is 0 Å². The van der Waals surface area contributed by atoms with Crippen molar-refractivity contribution < 1.29 is 14.7 Å². The number of carbonyl (C=O) groups is 2. The molecule has 1 aromatic carbocycles. The number of aliphatic carboxylic acids is 1. The smallest absolute Gasteiger partial charge is 0.304 e. The Hall–Kier alpha value is -1.64. The second kappa shape index (κ2) is 3.69. The van der Waals surface area contributed by atoms with Gasteiger partial charge in [-0.1, -0.05) is 18.6 Å². The van der Waals surface area contributed by atoms with Crippen LogP contribution in [0.3, 0.4) is 0 Å². The number of carboxylic acids is 1. The van der Waals surface area contributed by atoms with E-state index >= 15 is 0 Å². The maximum Gasteiger partial charge on any atom is 0.304 e. The first kappa shape index (κ1) is 11.8. The largest absolute Gasteiger partial charge is 0.481 e. The average Bonchev–Trinajstić information content (AvgIpc) is 2.36. The van der Waals surface area contributed by atoms with Crippen LogP contribution in [0.5, 0.6) is 0 Å². The Morgan fingerprint density at radius 2 is 2.06 bits per heavy atom. The van der Waals surface area contributed by atoms with Crippen LogP contribution >= 0.6 is 0 Å². The Kier molecular flexibility index (Phi) is 2.57. The van der Waals surface area contributed by atoms with Crippen molar-refractivity contribution in [3.8, 4) is 0 Å². The van der Waals surface area contributed by atoms with Crippen molar-refractivity contribution in [3.63, 3.8) is 0 Å². The molecule has 1 aliphatic rings. The molecule has 1 atom stereocenters. The summed E-state index contributed by atoms with van der Waals surface area (Å²) in [6.45, 7) is 5.77. The summed E-state index contributed by atoms with van der Waals surface area (Å²) in [5.41, 5.74) is 3.17. The van der Waals surface area contributed by atoms with E-state index in [2.05, 4.69) is 0 Å². The maximum absolute atomic E-state index is 12.0. The van der Waals surface area contributed by atoms with Crippen molar-refractivity contribution in [3.05, 3.63) is 34.4 Å². The molecule has 1 aliphatic carbocycles. The molecule has 0 radical (unpaired) electrons. The number of ketones is 1. The SMILES string of the molecule is Cc1cc(C)c2c(c1)C(=O)CC2(C)CC(=O)O. The quantitative estimate of drug-likeness (QED) is 0.852. The van der Waals surface area contributed by atoms with Gasteiger partial charge in [-0.2, -0.15) is 0 Å². The monoisotopic (exact) mass is 232 g/mol. The van der Waals surface area contributed by atoms with Gasteiger partial charge < -0.3 is 5.11 Å². The van der Waals surface area contributed by atoms with Crippen LogP contribution in [0.2, 0.25) is 0 Å². The number of carbonyl (C=O) groups excluding carboxylic acids is 1. The van der Waals surface area contributed by atoms with E-state index in [0.717, 1.165) is 16.7 Å². The molecule has 3 nitrogen and oxygen atoms in total. The van der Waals surface area contributed by atoms with E-state index in [9.17, 15) is 9.59 Å². The van der Waals surface area contributed by atoms with Crippen LogP contribution in [0, 0.1) is 13.8 Å². The highest BCUT2D eigenvalue weighted by atomic mass is 16.4. The fourth-order valence-electron chi connectivity index (χ4n) is 3.01. The lowest BCUT2D eigenvalue weighted by Gasteiger charge is -2.24. The Labute approximate surface area is 100 Å². The third-order valence-corrected chi connectivity index (χ3v) is 3.48. The number of fused-ring (bicyclic) bond motifs is 1. The van der Waals surface area contributed by atoms with Crippen LogP contribution < -0.4 is 0 Å². The number of Topliss-reactive ketones (excluding diaryl/α,β-unsaturated/α-hetero) is 1. The fourth-order valence-corrected chi connectivity index (χ4v) is 3.01. The zero-order chi connectivity index (χ0) is 12.8. The lowest BCUT2D eigenvalue weighted by Crippen LogP contribution is -2.24. The van der Waals surface area contributed by atoms with E-state index in [-0.39, 0.29) is 12.2 Å². The Bertz CT molecular complexity index is 516. The van der Waals surface area contributed by atoms with E-state index in [1.807, 2.05) is 32.9 Å². The minimum absolute atomic E-state index is 0.00956. The van der Waals surface area contributed by atoms with Gasteiger partial charge in [-0.3, -0.25) is 9.59 Å². The number of carboxylic acid groups (broad SMARTS) is 1. The standard InChI is InChI=1S/C14H16O3/c1-8-4-9(2)13-10(5-8)11(15)6-14(13,3)7-12(16)17/h4-5H,6-7H2,1-3H3,(H,16,17). The van der Waals surface area contributed by atoms with Crippen molar-refractivity contribution in [2.45, 2.75) is 39.0 Å². The molecule has 0 saturated heterocycles. The summed E-state index contributed by atoms with van der Waals surface area (Å²) in [7, 11) is 0. The third kappa shape index (κ3) is 1.86. The number of rotatable bonds is 2. The molecule has 1 aromatic rings. The van der Waals surface area contributed by atoms with Crippen LogP contribution in [-0.4, -0.2) is 16.9 Å². The molecule has 2 rings (SSSR count). The van der Waals surface area contributed by atoms with Gasteiger partial charge in [-0.05, 0) is 31.0 Å². The molecule has 3 heteroatoms. The number of benzene rings is 1. The summed E-state index contributed by atoms with van der Waals surface area (Å²) in [5.74, 6) is -0.788. The molecule has 1 unspecified atom stereocenters. The fraction of sp³-hybridized carbons (Fsp3) is 0.429. The molecule has 0 aliphatic heterocycles. The number of hydrogen-bond acceptors (Lipinski definition) is 2. The summed E-state index contributed by atoms with van der Waals surface area (Å²) in [5, 5.41) is 8.99. The molecular formula is C14H16O3. The van der Waals surface area contributed by atoms with E-state index in [1.165, 1.54) is 0 Å². The summed E-state index contributed by atoms with van der Waals surface area (Å²) in [6.07, 6.45) is 0.314. The van der Waals surface area contributed by atoms with Gasteiger partial charge in [0.15, 0.2) is 5.78 Å². The van der Waals surface area contributed by atoms with E-state index in [0.29, 0.717) is 12.0 Å². The van der Waals surface area contributed by atoms with Crippen LogP contribution in [0.25, 0.3) is 0 Å². The van der Waals surface area contributed by atoms with Crippen molar-refractivity contribution in [2.75, 3.05) is 0 Å². The summed E-state index contributed by atoms with van der Waals surface area (Å²) in [4.78, 5) is 22.9. The molecule has 1 N–H and O–H groups in total. The predicted molar refractivity (Wildman–Crippen MR) is 64.5 cm³/mol. The first-order valence-corrected chi connectivity index (χ1v) is 5.70. The molecule has 0 saturated carbocycles. The molecule has 0 fully saturated rings. The molecular weight excluding hydrogens is 216 g/mol. The highest BCUT2D eigenvalue weighted by Gasteiger charge is 2.42.